The minimum Gasteiger partial charge on any atom is -0.618 e. The maximum Gasteiger partial charge on any atom is 0.310 e. The van der Waals surface area contributed by atoms with Gasteiger partial charge in [-0.1, -0.05) is 39.7 Å². The molecule has 4 nitrogen and oxygen atoms in total. The molecule has 0 spiro atoms. The molecule has 0 aliphatic heterocycles. The van der Waals surface area contributed by atoms with Crippen molar-refractivity contribution in [2.45, 2.75) is 23.0 Å². The van der Waals surface area contributed by atoms with E-state index in [4.69, 9.17) is 0 Å². The van der Waals surface area contributed by atoms with Gasteiger partial charge in [0.05, 0.1) is 0 Å². The van der Waals surface area contributed by atoms with Crippen molar-refractivity contribution in [3.05, 3.63) is 64.5 Å². The number of aryl methyl sites for hydroxylation is 2. The first-order valence-electron chi connectivity index (χ1n) is 5.97. The predicted octanol–water partition coefficient (Wildman–Crippen LogP) is 2.80. The van der Waals surface area contributed by atoms with Crippen LogP contribution in [0.2, 0.25) is 0 Å². The molecule has 1 aromatic carbocycles. The van der Waals surface area contributed by atoms with Crippen molar-refractivity contribution >= 4 is 25.8 Å². The Morgan fingerprint density at radius 3 is 2.55 bits per heavy atom. The molecule has 106 valence electrons. The molecule has 1 unspecified atom stereocenters. The van der Waals surface area contributed by atoms with Crippen molar-refractivity contribution in [3.8, 4) is 0 Å². The third-order valence-electron chi connectivity index (χ3n) is 3.03. The van der Waals surface area contributed by atoms with E-state index in [9.17, 15) is 13.6 Å². The minimum atomic E-state index is -3.79. The van der Waals surface area contributed by atoms with Gasteiger partial charge in [0.25, 0.3) is 9.84 Å². The van der Waals surface area contributed by atoms with Crippen LogP contribution >= 0.6 is 15.9 Å². The first-order valence-corrected chi connectivity index (χ1v) is 8.43. The second-order valence-corrected chi connectivity index (χ2v) is 8.09. The molecule has 2 aromatic rings. The third-order valence-corrected chi connectivity index (χ3v) is 6.70. The Balaban J connectivity index is 2.55. The minimum absolute atomic E-state index is 0.261. The van der Waals surface area contributed by atoms with E-state index in [0.717, 1.165) is 11.1 Å². The Labute approximate surface area is 126 Å². The predicted molar refractivity (Wildman–Crippen MR) is 80.2 cm³/mol. The molecule has 0 saturated heterocycles. The van der Waals surface area contributed by atoms with Gasteiger partial charge in [-0.25, -0.2) is 8.42 Å². The van der Waals surface area contributed by atoms with Gasteiger partial charge in [-0.3, -0.25) is 0 Å². The van der Waals surface area contributed by atoms with Gasteiger partial charge >= 0.3 is 5.03 Å². The van der Waals surface area contributed by atoms with Crippen molar-refractivity contribution in [3.63, 3.8) is 0 Å². The summed E-state index contributed by atoms with van der Waals surface area (Å²) in [6.07, 6.45) is 1.18. The van der Waals surface area contributed by atoms with Crippen LogP contribution in [0, 0.1) is 19.1 Å². The number of benzene rings is 1. The first kappa shape index (κ1) is 15.0. The van der Waals surface area contributed by atoms with Crippen LogP contribution in [0.15, 0.2) is 47.6 Å². The standard InChI is InChI=1S/C14H14BrNO3S/c1-10-6-7-11(2)12(9-10)14(15)20(18,19)13-5-3-4-8-16(13)17/h3-9,14H,1-2H3. The van der Waals surface area contributed by atoms with E-state index in [1.165, 1.54) is 24.4 Å². The fourth-order valence-electron chi connectivity index (χ4n) is 1.91. The van der Waals surface area contributed by atoms with Crippen molar-refractivity contribution in [1.29, 1.82) is 0 Å². The SMILES string of the molecule is Cc1ccc(C)c(C(Br)S(=O)(=O)c2cccc[n+]2[O-])c1. The lowest BCUT2D eigenvalue weighted by atomic mass is 10.1. The highest BCUT2D eigenvalue weighted by Crippen LogP contribution is 2.35. The molecule has 0 saturated carbocycles. The fourth-order valence-corrected chi connectivity index (χ4v) is 4.36. The highest BCUT2D eigenvalue weighted by Gasteiger charge is 2.33. The van der Waals surface area contributed by atoms with Gasteiger partial charge in [0.1, 0.15) is 0 Å². The summed E-state index contributed by atoms with van der Waals surface area (Å²) in [5.41, 5.74) is 2.47. The highest BCUT2D eigenvalue weighted by atomic mass is 79.9. The highest BCUT2D eigenvalue weighted by molar-refractivity contribution is 9.10. The summed E-state index contributed by atoms with van der Waals surface area (Å²) in [6, 6.07) is 9.93. The molecule has 0 N–H and O–H groups in total. The molecule has 6 heteroatoms. The molecule has 0 aliphatic carbocycles. The quantitative estimate of drug-likeness (QED) is 0.483. The lowest BCUT2D eigenvalue weighted by molar-refractivity contribution is -0.646. The average molecular weight is 356 g/mol. The van der Waals surface area contributed by atoms with Crippen molar-refractivity contribution in [1.82, 2.24) is 0 Å². The van der Waals surface area contributed by atoms with Gasteiger partial charge in [0, 0.05) is 12.1 Å². The van der Waals surface area contributed by atoms with E-state index in [2.05, 4.69) is 15.9 Å². The number of sulfone groups is 1. The molecule has 2 rings (SSSR count). The van der Waals surface area contributed by atoms with Gasteiger partial charge < -0.3 is 5.21 Å². The van der Waals surface area contributed by atoms with E-state index >= 15 is 0 Å². The largest absolute Gasteiger partial charge is 0.618 e. The zero-order valence-electron chi connectivity index (χ0n) is 11.1. The zero-order chi connectivity index (χ0) is 14.9. The molecule has 1 aromatic heterocycles. The second kappa shape index (κ2) is 5.54. The van der Waals surface area contributed by atoms with E-state index in [1.54, 1.807) is 0 Å². The Hall–Kier alpha value is -1.40. The second-order valence-electron chi connectivity index (χ2n) is 4.59. The van der Waals surface area contributed by atoms with Crippen LogP contribution in [0.3, 0.4) is 0 Å². The smallest absolute Gasteiger partial charge is 0.310 e. The van der Waals surface area contributed by atoms with Crippen LogP contribution in [0.4, 0.5) is 0 Å². The van der Waals surface area contributed by atoms with Crippen LogP contribution in [0.25, 0.3) is 0 Å². The average Bonchev–Trinajstić information content (AvgIpc) is 2.41. The Bertz CT molecular complexity index is 744. The number of hydrogen-bond acceptors (Lipinski definition) is 3. The molecule has 0 radical (unpaired) electrons. The molecular formula is C14H14BrNO3S. The Kier molecular flexibility index (Phi) is 4.15. The van der Waals surface area contributed by atoms with Gasteiger partial charge in [-0.15, -0.1) is 0 Å². The summed E-state index contributed by atoms with van der Waals surface area (Å²) in [6.45, 7) is 3.74. The Morgan fingerprint density at radius 2 is 1.90 bits per heavy atom. The van der Waals surface area contributed by atoms with Crippen LogP contribution in [0.1, 0.15) is 20.8 Å². The van der Waals surface area contributed by atoms with E-state index in [-0.39, 0.29) is 5.03 Å². The summed E-state index contributed by atoms with van der Waals surface area (Å²) in [5, 5.41) is 11.4. The molecule has 20 heavy (non-hydrogen) atoms. The monoisotopic (exact) mass is 355 g/mol. The molecule has 1 heterocycles. The number of nitrogens with zero attached hydrogens (tertiary/aromatic N) is 1. The maximum atomic E-state index is 12.5. The number of alkyl halides is 1. The number of rotatable bonds is 3. The summed E-state index contributed by atoms with van der Waals surface area (Å²) >= 11 is 3.22. The van der Waals surface area contributed by atoms with Crippen molar-refractivity contribution in [2.75, 3.05) is 0 Å². The van der Waals surface area contributed by atoms with Gasteiger partial charge in [0.2, 0.25) is 0 Å². The molecule has 0 aliphatic rings. The van der Waals surface area contributed by atoms with Crippen LogP contribution in [0.5, 0.6) is 0 Å². The van der Waals surface area contributed by atoms with Crippen molar-refractivity contribution in [2.24, 2.45) is 0 Å². The van der Waals surface area contributed by atoms with Crippen LogP contribution < -0.4 is 4.73 Å². The number of halogens is 1. The van der Waals surface area contributed by atoms with E-state index in [0.29, 0.717) is 10.3 Å². The number of aromatic nitrogens is 1. The lowest BCUT2D eigenvalue weighted by Gasteiger charge is -2.14. The number of pyridine rings is 1. The number of hydrogen-bond donors (Lipinski definition) is 0. The normalized spacial score (nSPS) is 13.2. The Morgan fingerprint density at radius 1 is 1.20 bits per heavy atom. The summed E-state index contributed by atoms with van der Waals surface area (Å²) in [5.74, 6) is 0. The first-order chi connectivity index (χ1) is 9.34. The molecule has 0 bridgehead atoms. The topological polar surface area (TPSA) is 61.1 Å². The van der Waals surface area contributed by atoms with Gasteiger partial charge in [-0.05, 0) is 31.0 Å². The summed E-state index contributed by atoms with van der Waals surface area (Å²) < 4.78 is 24.5. The van der Waals surface area contributed by atoms with E-state index < -0.39 is 14.0 Å². The summed E-state index contributed by atoms with van der Waals surface area (Å²) in [4.78, 5) is 0. The lowest BCUT2D eigenvalue weighted by Crippen LogP contribution is -2.34. The molecular weight excluding hydrogens is 342 g/mol. The summed E-state index contributed by atoms with van der Waals surface area (Å²) in [7, 11) is -3.79. The van der Waals surface area contributed by atoms with Gasteiger partial charge in [-0.2, -0.15) is 4.73 Å². The maximum absolute atomic E-state index is 12.5. The third kappa shape index (κ3) is 2.71. The fraction of sp³-hybridized carbons (Fsp3) is 0.214. The van der Waals surface area contributed by atoms with Gasteiger partial charge in [0.15, 0.2) is 10.4 Å². The van der Waals surface area contributed by atoms with Crippen LogP contribution in [-0.2, 0) is 9.84 Å². The molecule has 0 amide bonds. The zero-order valence-corrected chi connectivity index (χ0v) is 13.5. The van der Waals surface area contributed by atoms with Crippen LogP contribution in [-0.4, -0.2) is 8.42 Å². The van der Waals surface area contributed by atoms with Crippen molar-refractivity contribution < 1.29 is 13.1 Å². The molecule has 0 fully saturated rings. The van der Waals surface area contributed by atoms with E-state index in [1.807, 2.05) is 32.0 Å². The molecule has 1 atom stereocenters.